The molecule has 1 fully saturated rings. The lowest BCUT2D eigenvalue weighted by molar-refractivity contribution is 0.330. The van der Waals surface area contributed by atoms with Gasteiger partial charge in [-0.2, -0.15) is 4.98 Å². The molecule has 14 heavy (non-hydrogen) atoms. The summed E-state index contributed by atoms with van der Waals surface area (Å²) in [6.07, 6.45) is 2.29. The van der Waals surface area contributed by atoms with Crippen LogP contribution in [-0.2, 0) is 6.54 Å². The van der Waals surface area contributed by atoms with Crippen molar-refractivity contribution < 1.29 is 4.52 Å². The molecule has 2 heterocycles. The molecule has 1 aliphatic heterocycles. The lowest BCUT2D eigenvalue weighted by Gasteiger charge is -2.04. The fourth-order valence-corrected chi connectivity index (χ4v) is 1.65. The van der Waals surface area contributed by atoms with Crippen molar-refractivity contribution in [2.24, 2.45) is 0 Å². The number of nitrogens with one attached hydrogen (secondary N) is 1. The molecule has 5 heteroatoms. The highest BCUT2D eigenvalue weighted by Crippen LogP contribution is 2.21. The van der Waals surface area contributed by atoms with Crippen LogP contribution >= 0.6 is 0 Å². The Hall–Kier alpha value is -0.940. The summed E-state index contributed by atoms with van der Waals surface area (Å²) in [4.78, 5) is 6.37. The van der Waals surface area contributed by atoms with Crippen molar-refractivity contribution in [3.05, 3.63) is 11.7 Å². The summed E-state index contributed by atoms with van der Waals surface area (Å²) < 4.78 is 5.20. The second-order valence-electron chi connectivity index (χ2n) is 3.94. The van der Waals surface area contributed by atoms with Gasteiger partial charge >= 0.3 is 0 Å². The fourth-order valence-electron chi connectivity index (χ4n) is 1.65. The van der Waals surface area contributed by atoms with Crippen LogP contribution in [0.4, 0.5) is 0 Å². The molecular formula is C9H16N4O. The van der Waals surface area contributed by atoms with E-state index in [4.69, 9.17) is 4.52 Å². The van der Waals surface area contributed by atoms with E-state index in [0.29, 0.717) is 0 Å². The minimum Gasteiger partial charge on any atom is -0.338 e. The van der Waals surface area contributed by atoms with Gasteiger partial charge in [0, 0.05) is 0 Å². The molecule has 5 nitrogen and oxygen atoms in total. The standard InChI is InChI=1S/C9H16N4O/c1-13(2)6-8-11-9(14-12-8)7-4-3-5-10-7/h7,10H,3-6H2,1-2H3. The molecule has 0 radical (unpaired) electrons. The summed E-state index contributed by atoms with van der Waals surface area (Å²) in [6.45, 7) is 1.78. The Balaban J connectivity index is 2.01. The normalized spacial score (nSPS) is 22.1. The van der Waals surface area contributed by atoms with Gasteiger partial charge in [-0.25, -0.2) is 0 Å². The van der Waals surface area contributed by atoms with E-state index in [0.717, 1.165) is 31.2 Å². The zero-order valence-corrected chi connectivity index (χ0v) is 8.66. The Morgan fingerprint density at radius 2 is 2.43 bits per heavy atom. The fraction of sp³-hybridized carbons (Fsp3) is 0.778. The van der Waals surface area contributed by atoms with E-state index >= 15 is 0 Å². The van der Waals surface area contributed by atoms with Gasteiger partial charge in [0.15, 0.2) is 5.82 Å². The maximum absolute atomic E-state index is 5.20. The van der Waals surface area contributed by atoms with Crippen LogP contribution in [0.15, 0.2) is 4.52 Å². The average Bonchev–Trinajstić information content (AvgIpc) is 2.69. The Morgan fingerprint density at radius 1 is 1.57 bits per heavy atom. The van der Waals surface area contributed by atoms with Crippen LogP contribution in [0.5, 0.6) is 0 Å². The summed E-state index contributed by atoms with van der Waals surface area (Å²) in [5.41, 5.74) is 0. The van der Waals surface area contributed by atoms with Gasteiger partial charge in [-0.05, 0) is 33.5 Å². The lowest BCUT2D eigenvalue weighted by atomic mass is 10.2. The van der Waals surface area contributed by atoms with E-state index in [-0.39, 0.29) is 6.04 Å². The largest absolute Gasteiger partial charge is 0.338 e. The number of aromatic nitrogens is 2. The molecule has 0 saturated carbocycles. The molecule has 1 saturated heterocycles. The summed E-state index contributed by atoms with van der Waals surface area (Å²) in [6, 6.07) is 0.276. The molecule has 0 spiro atoms. The molecule has 1 N–H and O–H groups in total. The molecule has 1 unspecified atom stereocenters. The summed E-state index contributed by atoms with van der Waals surface area (Å²) >= 11 is 0. The summed E-state index contributed by atoms with van der Waals surface area (Å²) in [5, 5.41) is 7.26. The van der Waals surface area contributed by atoms with Gasteiger partial charge in [-0.3, -0.25) is 0 Å². The summed E-state index contributed by atoms with van der Waals surface area (Å²) in [7, 11) is 3.98. The van der Waals surface area contributed by atoms with Gasteiger partial charge < -0.3 is 14.7 Å². The van der Waals surface area contributed by atoms with E-state index in [2.05, 4.69) is 15.5 Å². The number of hydrogen-bond donors (Lipinski definition) is 1. The SMILES string of the molecule is CN(C)Cc1noc(C2CCCN2)n1. The zero-order valence-electron chi connectivity index (χ0n) is 8.66. The molecule has 1 aromatic rings. The third-order valence-electron chi connectivity index (χ3n) is 2.30. The first-order chi connectivity index (χ1) is 6.75. The third-order valence-corrected chi connectivity index (χ3v) is 2.30. The van der Waals surface area contributed by atoms with Gasteiger partial charge in [0.2, 0.25) is 5.89 Å². The van der Waals surface area contributed by atoms with Crippen molar-refractivity contribution >= 4 is 0 Å². The quantitative estimate of drug-likeness (QED) is 0.765. The highest BCUT2D eigenvalue weighted by Gasteiger charge is 2.22. The van der Waals surface area contributed by atoms with Gasteiger partial charge in [0.1, 0.15) is 0 Å². The highest BCUT2D eigenvalue weighted by molar-refractivity contribution is 4.95. The average molecular weight is 196 g/mol. The molecule has 1 aliphatic rings. The van der Waals surface area contributed by atoms with Crippen molar-refractivity contribution in [2.45, 2.75) is 25.4 Å². The topological polar surface area (TPSA) is 54.2 Å². The molecule has 0 aromatic carbocycles. The van der Waals surface area contributed by atoms with Gasteiger partial charge in [-0.15, -0.1) is 0 Å². The Labute approximate surface area is 83.5 Å². The van der Waals surface area contributed by atoms with E-state index < -0.39 is 0 Å². The first-order valence-corrected chi connectivity index (χ1v) is 4.96. The molecule has 0 amide bonds. The molecule has 1 atom stereocenters. The molecule has 2 rings (SSSR count). The molecule has 1 aromatic heterocycles. The van der Waals surface area contributed by atoms with Crippen LogP contribution in [-0.4, -0.2) is 35.7 Å². The van der Waals surface area contributed by atoms with Crippen LogP contribution in [0.25, 0.3) is 0 Å². The van der Waals surface area contributed by atoms with Crippen molar-refractivity contribution in [3.63, 3.8) is 0 Å². The first-order valence-electron chi connectivity index (χ1n) is 4.96. The predicted molar refractivity (Wildman–Crippen MR) is 51.7 cm³/mol. The summed E-state index contributed by atoms with van der Waals surface area (Å²) in [5.74, 6) is 1.50. The third kappa shape index (κ3) is 2.10. The monoisotopic (exact) mass is 196 g/mol. The molecule has 78 valence electrons. The maximum atomic E-state index is 5.20. The second kappa shape index (κ2) is 4.06. The van der Waals surface area contributed by atoms with E-state index in [1.807, 2.05) is 19.0 Å². The lowest BCUT2D eigenvalue weighted by Crippen LogP contribution is -2.14. The smallest absolute Gasteiger partial charge is 0.243 e. The van der Waals surface area contributed by atoms with E-state index in [1.54, 1.807) is 0 Å². The van der Waals surface area contributed by atoms with E-state index in [1.165, 1.54) is 6.42 Å². The minimum atomic E-state index is 0.276. The Bertz CT molecular complexity index is 291. The van der Waals surface area contributed by atoms with Gasteiger partial charge in [0.05, 0.1) is 12.6 Å². The van der Waals surface area contributed by atoms with Crippen LogP contribution in [0, 0.1) is 0 Å². The van der Waals surface area contributed by atoms with Crippen LogP contribution in [0.3, 0.4) is 0 Å². The number of nitrogens with zero attached hydrogens (tertiary/aromatic N) is 3. The highest BCUT2D eigenvalue weighted by atomic mass is 16.5. The predicted octanol–water partition coefficient (Wildman–Crippen LogP) is 0.556. The van der Waals surface area contributed by atoms with Crippen LogP contribution in [0.2, 0.25) is 0 Å². The van der Waals surface area contributed by atoms with Gasteiger partial charge in [-0.1, -0.05) is 5.16 Å². The van der Waals surface area contributed by atoms with Crippen molar-refractivity contribution in [3.8, 4) is 0 Å². The van der Waals surface area contributed by atoms with Crippen molar-refractivity contribution in [2.75, 3.05) is 20.6 Å². The Kier molecular flexibility index (Phi) is 2.79. The Morgan fingerprint density at radius 3 is 3.07 bits per heavy atom. The number of hydrogen-bond acceptors (Lipinski definition) is 5. The zero-order chi connectivity index (χ0) is 9.97. The van der Waals surface area contributed by atoms with Crippen molar-refractivity contribution in [1.29, 1.82) is 0 Å². The molecule has 0 bridgehead atoms. The first kappa shape index (κ1) is 9.61. The number of rotatable bonds is 3. The second-order valence-corrected chi connectivity index (χ2v) is 3.94. The van der Waals surface area contributed by atoms with Crippen LogP contribution in [0.1, 0.15) is 30.6 Å². The van der Waals surface area contributed by atoms with Crippen molar-refractivity contribution in [1.82, 2.24) is 20.4 Å². The molecule has 0 aliphatic carbocycles. The van der Waals surface area contributed by atoms with Crippen LogP contribution < -0.4 is 5.32 Å². The van der Waals surface area contributed by atoms with Gasteiger partial charge in [0.25, 0.3) is 0 Å². The molecular weight excluding hydrogens is 180 g/mol. The van der Waals surface area contributed by atoms with E-state index in [9.17, 15) is 0 Å². The maximum Gasteiger partial charge on any atom is 0.243 e. The minimum absolute atomic E-state index is 0.276.